The molecule has 0 bridgehead atoms. The summed E-state index contributed by atoms with van der Waals surface area (Å²) in [4.78, 5) is 30.3. The Labute approximate surface area is 182 Å². The van der Waals surface area contributed by atoms with Crippen molar-refractivity contribution in [3.8, 4) is 5.75 Å². The Bertz CT molecular complexity index is 1090. The van der Waals surface area contributed by atoms with Gasteiger partial charge in [-0.05, 0) is 73.9 Å². The molecule has 158 valence electrons. The Kier molecular flexibility index (Phi) is 5.76. The van der Waals surface area contributed by atoms with E-state index in [1.807, 2.05) is 93.6 Å². The van der Waals surface area contributed by atoms with Gasteiger partial charge in [0, 0.05) is 11.4 Å². The molecule has 0 saturated carbocycles. The Morgan fingerprint density at radius 2 is 1.55 bits per heavy atom. The average Bonchev–Trinajstić information content (AvgIpc) is 2.78. The zero-order chi connectivity index (χ0) is 22.0. The first-order chi connectivity index (χ1) is 15.0. The number of carbonyl (C=O) groups excluding carboxylic acids is 2. The lowest BCUT2D eigenvalue weighted by Crippen LogP contribution is -2.56. The molecule has 1 heterocycles. The van der Waals surface area contributed by atoms with E-state index in [1.54, 1.807) is 9.80 Å². The summed E-state index contributed by atoms with van der Waals surface area (Å²) in [6.45, 7) is 6.53. The van der Waals surface area contributed by atoms with E-state index in [1.165, 1.54) is 0 Å². The highest BCUT2D eigenvalue weighted by Crippen LogP contribution is 2.35. The van der Waals surface area contributed by atoms with Crippen LogP contribution in [0, 0.1) is 13.8 Å². The Hall–Kier alpha value is -3.60. The van der Waals surface area contributed by atoms with Crippen LogP contribution in [0.4, 0.5) is 11.4 Å². The van der Waals surface area contributed by atoms with Gasteiger partial charge in [0.2, 0.25) is 5.91 Å². The molecule has 31 heavy (non-hydrogen) atoms. The zero-order valence-electron chi connectivity index (χ0n) is 18.0. The molecule has 0 unspecified atom stereocenters. The van der Waals surface area contributed by atoms with Crippen LogP contribution in [0.25, 0.3) is 0 Å². The first-order valence-electron chi connectivity index (χ1n) is 10.5. The second kappa shape index (κ2) is 8.64. The number of nitrogens with zero attached hydrogens (tertiary/aromatic N) is 2. The number of carbonyl (C=O) groups is 2. The maximum Gasteiger partial charge on any atom is 0.255 e. The van der Waals surface area contributed by atoms with Crippen LogP contribution in [-0.4, -0.2) is 25.0 Å². The molecular weight excluding hydrogens is 388 g/mol. The predicted octanol–water partition coefficient (Wildman–Crippen LogP) is 4.82. The Balaban J connectivity index is 1.76. The third-order valence-electron chi connectivity index (χ3n) is 5.66. The number of hydrogen-bond acceptors (Lipinski definition) is 3. The second-order valence-corrected chi connectivity index (χ2v) is 7.70. The number of piperazine rings is 1. The zero-order valence-corrected chi connectivity index (χ0v) is 18.0. The van der Waals surface area contributed by atoms with Crippen LogP contribution in [0.5, 0.6) is 5.75 Å². The van der Waals surface area contributed by atoms with Crippen molar-refractivity contribution in [3.63, 3.8) is 0 Å². The molecule has 1 atom stereocenters. The van der Waals surface area contributed by atoms with Gasteiger partial charge in [0.05, 0.1) is 6.61 Å². The van der Waals surface area contributed by atoms with Crippen molar-refractivity contribution in [3.05, 3.63) is 89.5 Å². The van der Waals surface area contributed by atoms with E-state index >= 15 is 0 Å². The molecule has 5 nitrogen and oxygen atoms in total. The average molecular weight is 415 g/mol. The van der Waals surface area contributed by atoms with Gasteiger partial charge in [-0.25, -0.2) is 0 Å². The fraction of sp³-hybridized carbons (Fsp3) is 0.231. The van der Waals surface area contributed by atoms with E-state index in [4.69, 9.17) is 4.74 Å². The fourth-order valence-corrected chi connectivity index (χ4v) is 3.89. The summed E-state index contributed by atoms with van der Waals surface area (Å²) in [5.74, 6) is 0.480. The quantitative estimate of drug-likeness (QED) is 0.601. The molecule has 2 amide bonds. The molecule has 1 saturated heterocycles. The SMILES string of the molecule is CCOc1ccc(N2C(=O)CN(c3ccc(C)c(C)c3)C(=O)[C@@H]2c2ccccc2)cc1. The van der Waals surface area contributed by atoms with Gasteiger partial charge in [0.25, 0.3) is 5.91 Å². The molecule has 3 aromatic carbocycles. The van der Waals surface area contributed by atoms with Crippen molar-refractivity contribution in [2.24, 2.45) is 0 Å². The summed E-state index contributed by atoms with van der Waals surface area (Å²) in [5.41, 5.74) is 4.44. The number of anilines is 2. The number of aryl methyl sites for hydroxylation is 2. The summed E-state index contributed by atoms with van der Waals surface area (Å²) < 4.78 is 5.52. The monoisotopic (exact) mass is 414 g/mol. The Morgan fingerprint density at radius 3 is 2.19 bits per heavy atom. The van der Waals surface area contributed by atoms with E-state index in [-0.39, 0.29) is 18.4 Å². The molecule has 0 aliphatic carbocycles. The van der Waals surface area contributed by atoms with Gasteiger partial charge >= 0.3 is 0 Å². The molecular formula is C26H26N2O3. The van der Waals surface area contributed by atoms with Crippen LogP contribution < -0.4 is 14.5 Å². The van der Waals surface area contributed by atoms with Crippen LogP contribution in [0.3, 0.4) is 0 Å². The normalized spacial score (nSPS) is 16.5. The lowest BCUT2D eigenvalue weighted by molar-refractivity contribution is -0.128. The van der Waals surface area contributed by atoms with Crippen LogP contribution in [0.15, 0.2) is 72.8 Å². The highest BCUT2D eigenvalue weighted by atomic mass is 16.5. The summed E-state index contributed by atoms with van der Waals surface area (Å²) in [6.07, 6.45) is 0. The third kappa shape index (κ3) is 4.04. The van der Waals surface area contributed by atoms with Crippen molar-refractivity contribution in [1.29, 1.82) is 0 Å². The molecule has 0 radical (unpaired) electrons. The molecule has 3 aromatic rings. The lowest BCUT2D eigenvalue weighted by Gasteiger charge is -2.40. The lowest BCUT2D eigenvalue weighted by atomic mass is 9.99. The highest BCUT2D eigenvalue weighted by Gasteiger charge is 2.41. The first-order valence-corrected chi connectivity index (χ1v) is 10.5. The number of hydrogen-bond donors (Lipinski definition) is 0. The number of rotatable bonds is 5. The molecule has 1 aliphatic heterocycles. The van der Waals surface area contributed by atoms with Crippen molar-refractivity contribution in [2.75, 3.05) is 23.0 Å². The molecule has 5 heteroatoms. The minimum Gasteiger partial charge on any atom is -0.494 e. The number of benzene rings is 3. The fourth-order valence-electron chi connectivity index (χ4n) is 3.89. The van der Waals surface area contributed by atoms with Gasteiger partial charge in [-0.1, -0.05) is 36.4 Å². The largest absolute Gasteiger partial charge is 0.494 e. The van der Waals surface area contributed by atoms with Crippen LogP contribution in [0.2, 0.25) is 0 Å². The van der Waals surface area contributed by atoms with Gasteiger partial charge in [0.15, 0.2) is 0 Å². The molecule has 0 aromatic heterocycles. The van der Waals surface area contributed by atoms with Crippen molar-refractivity contribution >= 4 is 23.2 Å². The van der Waals surface area contributed by atoms with Gasteiger partial charge in [-0.2, -0.15) is 0 Å². The topological polar surface area (TPSA) is 49.9 Å². The maximum absolute atomic E-state index is 13.7. The van der Waals surface area contributed by atoms with E-state index in [0.29, 0.717) is 12.3 Å². The van der Waals surface area contributed by atoms with E-state index in [9.17, 15) is 9.59 Å². The molecule has 0 spiro atoms. The minimum atomic E-state index is -0.734. The molecule has 0 N–H and O–H groups in total. The predicted molar refractivity (Wildman–Crippen MR) is 123 cm³/mol. The molecule has 1 fully saturated rings. The number of amides is 2. The van der Waals surface area contributed by atoms with Crippen molar-refractivity contribution < 1.29 is 14.3 Å². The minimum absolute atomic E-state index is 0.00210. The van der Waals surface area contributed by atoms with Gasteiger partial charge < -0.3 is 9.64 Å². The van der Waals surface area contributed by atoms with Crippen LogP contribution >= 0.6 is 0 Å². The second-order valence-electron chi connectivity index (χ2n) is 7.70. The summed E-state index contributed by atoms with van der Waals surface area (Å²) in [5, 5.41) is 0. The van der Waals surface area contributed by atoms with E-state index < -0.39 is 6.04 Å². The standard InChI is InChI=1S/C26H26N2O3/c1-4-31-23-14-12-21(13-15-23)28-24(29)17-27(22-11-10-18(2)19(3)16-22)26(30)25(28)20-8-6-5-7-9-20/h5-16,25H,4,17H2,1-3H3/t25-/m0/s1. The van der Waals surface area contributed by atoms with Crippen LogP contribution in [-0.2, 0) is 9.59 Å². The van der Waals surface area contributed by atoms with Gasteiger partial charge in [-0.3, -0.25) is 14.5 Å². The van der Waals surface area contributed by atoms with Crippen LogP contribution in [0.1, 0.15) is 29.7 Å². The van der Waals surface area contributed by atoms with Gasteiger partial charge in [-0.15, -0.1) is 0 Å². The van der Waals surface area contributed by atoms with E-state index in [0.717, 1.165) is 28.1 Å². The van der Waals surface area contributed by atoms with Crippen molar-refractivity contribution in [1.82, 2.24) is 0 Å². The Morgan fingerprint density at radius 1 is 0.871 bits per heavy atom. The molecule has 4 rings (SSSR count). The smallest absolute Gasteiger partial charge is 0.255 e. The summed E-state index contributed by atoms with van der Waals surface area (Å²) >= 11 is 0. The third-order valence-corrected chi connectivity index (χ3v) is 5.66. The summed E-state index contributed by atoms with van der Waals surface area (Å²) in [7, 11) is 0. The summed E-state index contributed by atoms with van der Waals surface area (Å²) in [6, 6.07) is 21.9. The van der Waals surface area contributed by atoms with E-state index in [2.05, 4.69) is 0 Å². The highest BCUT2D eigenvalue weighted by molar-refractivity contribution is 6.14. The van der Waals surface area contributed by atoms with Gasteiger partial charge in [0.1, 0.15) is 18.3 Å². The number of ether oxygens (including phenoxy) is 1. The molecule has 1 aliphatic rings. The van der Waals surface area contributed by atoms with Crippen molar-refractivity contribution in [2.45, 2.75) is 26.8 Å². The maximum atomic E-state index is 13.7. The first kappa shape index (κ1) is 20.7.